The van der Waals surface area contributed by atoms with Crippen LogP contribution in [0.1, 0.15) is 48.9 Å². The lowest BCUT2D eigenvalue weighted by molar-refractivity contribution is -0.120. The number of rotatable bonds is 2. The van der Waals surface area contributed by atoms with Crippen molar-refractivity contribution in [1.29, 1.82) is 0 Å². The van der Waals surface area contributed by atoms with Crippen LogP contribution in [0.2, 0.25) is 0 Å². The van der Waals surface area contributed by atoms with Crippen LogP contribution in [0.25, 0.3) is 0 Å². The van der Waals surface area contributed by atoms with Crippen LogP contribution in [0, 0.1) is 6.92 Å². The van der Waals surface area contributed by atoms with Crippen molar-refractivity contribution in [1.82, 2.24) is 4.57 Å². The van der Waals surface area contributed by atoms with Gasteiger partial charge in [-0.15, -0.1) is 0 Å². The van der Waals surface area contributed by atoms with Gasteiger partial charge in [0.05, 0.1) is 6.10 Å². The van der Waals surface area contributed by atoms with E-state index in [2.05, 4.69) is 0 Å². The zero-order valence-electron chi connectivity index (χ0n) is 9.73. The number of aliphatic hydroxyl groups excluding tert-OH is 1. The van der Waals surface area contributed by atoms with Gasteiger partial charge in [-0.2, -0.15) is 0 Å². The molecule has 0 spiro atoms. The highest BCUT2D eigenvalue weighted by Gasteiger charge is 2.26. The van der Waals surface area contributed by atoms with Crippen molar-refractivity contribution in [2.24, 2.45) is 5.73 Å². The van der Waals surface area contributed by atoms with Crippen molar-refractivity contribution in [3.8, 4) is 0 Å². The molecule has 1 heterocycles. The minimum Gasteiger partial charge on any atom is -0.388 e. The fraction of sp³-hybridized carbons (Fsp3) is 0.583. The van der Waals surface area contributed by atoms with Crippen molar-refractivity contribution in [3.05, 3.63) is 23.0 Å². The van der Waals surface area contributed by atoms with Crippen LogP contribution >= 0.6 is 0 Å². The molecule has 0 fully saturated rings. The molecule has 4 heteroatoms. The van der Waals surface area contributed by atoms with E-state index in [1.165, 1.54) is 0 Å². The Bertz CT molecular complexity index is 423. The van der Waals surface area contributed by atoms with Gasteiger partial charge in [0, 0.05) is 17.0 Å². The van der Waals surface area contributed by atoms with Gasteiger partial charge < -0.3 is 15.4 Å². The van der Waals surface area contributed by atoms with E-state index in [1.807, 2.05) is 17.6 Å². The van der Waals surface area contributed by atoms with Crippen molar-refractivity contribution >= 4 is 5.91 Å². The smallest absolute Gasteiger partial charge is 0.240 e. The van der Waals surface area contributed by atoms with E-state index in [9.17, 15) is 9.90 Å². The molecule has 16 heavy (non-hydrogen) atoms. The van der Waals surface area contributed by atoms with Gasteiger partial charge in [-0.05, 0) is 39.2 Å². The Morgan fingerprint density at radius 1 is 1.69 bits per heavy atom. The summed E-state index contributed by atoms with van der Waals surface area (Å²) >= 11 is 0. The number of amides is 1. The maximum Gasteiger partial charge on any atom is 0.240 e. The topological polar surface area (TPSA) is 68.2 Å². The minimum atomic E-state index is -0.385. The molecule has 0 radical (unpaired) electrons. The number of hydrogen-bond acceptors (Lipinski definition) is 2. The van der Waals surface area contributed by atoms with E-state index in [0.717, 1.165) is 36.2 Å². The van der Waals surface area contributed by atoms with Crippen LogP contribution < -0.4 is 5.73 Å². The second-order valence-corrected chi connectivity index (χ2v) is 4.54. The molecule has 0 saturated carbocycles. The summed E-state index contributed by atoms with van der Waals surface area (Å²) in [5.41, 5.74) is 8.38. The summed E-state index contributed by atoms with van der Waals surface area (Å²) in [5, 5.41) is 9.89. The van der Waals surface area contributed by atoms with Crippen LogP contribution in [-0.4, -0.2) is 15.6 Å². The standard InChI is InChI=1S/C12H18N2O2/c1-7-6-9-10(4-3-5-11(9)15)14(7)8(2)12(13)16/h6,8,11,15H,3-5H2,1-2H3,(H2,13,16). The van der Waals surface area contributed by atoms with Crippen LogP contribution in [0.5, 0.6) is 0 Å². The maximum atomic E-state index is 11.3. The molecule has 0 aliphatic heterocycles. The summed E-state index contributed by atoms with van der Waals surface area (Å²) in [4.78, 5) is 11.3. The molecule has 1 aliphatic carbocycles. The SMILES string of the molecule is Cc1cc2c(n1C(C)C(N)=O)CCCC2O. The van der Waals surface area contributed by atoms with Gasteiger partial charge >= 0.3 is 0 Å². The number of nitrogens with zero attached hydrogens (tertiary/aromatic N) is 1. The van der Waals surface area contributed by atoms with Crippen molar-refractivity contribution in [2.45, 2.75) is 45.3 Å². The predicted molar refractivity (Wildman–Crippen MR) is 61.0 cm³/mol. The molecule has 88 valence electrons. The predicted octanol–water partition coefficient (Wildman–Crippen LogP) is 1.21. The Morgan fingerprint density at radius 3 is 3.00 bits per heavy atom. The first-order valence-corrected chi connectivity index (χ1v) is 5.70. The fourth-order valence-corrected chi connectivity index (χ4v) is 2.57. The van der Waals surface area contributed by atoms with E-state index >= 15 is 0 Å². The zero-order valence-corrected chi connectivity index (χ0v) is 9.73. The number of fused-ring (bicyclic) bond motifs is 1. The number of primary amides is 1. The van der Waals surface area contributed by atoms with Gasteiger partial charge in [0.25, 0.3) is 0 Å². The van der Waals surface area contributed by atoms with Crippen molar-refractivity contribution in [3.63, 3.8) is 0 Å². The van der Waals surface area contributed by atoms with E-state index in [-0.39, 0.29) is 18.1 Å². The lowest BCUT2D eigenvalue weighted by Crippen LogP contribution is -2.26. The van der Waals surface area contributed by atoms with Gasteiger partial charge in [0.15, 0.2) is 0 Å². The second kappa shape index (κ2) is 3.94. The van der Waals surface area contributed by atoms with Crippen LogP contribution in [0.3, 0.4) is 0 Å². The average Bonchev–Trinajstić information content (AvgIpc) is 2.55. The molecule has 1 aromatic heterocycles. The number of carbonyl (C=O) groups is 1. The highest BCUT2D eigenvalue weighted by atomic mass is 16.3. The van der Waals surface area contributed by atoms with E-state index in [4.69, 9.17) is 5.73 Å². The van der Waals surface area contributed by atoms with Crippen LogP contribution in [0.4, 0.5) is 0 Å². The third kappa shape index (κ3) is 1.63. The molecule has 2 rings (SSSR count). The number of carbonyl (C=O) groups excluding carboxylic acids is 1. The molecule has 0 bridgehead atoms. The maximum absolute atomic E-state index is 11.3. The van der Waals surface area contributed by atoms with Gasteiger partial charge in [0.1, 0.15) is 6.04 Å². The van der Waals surface area contributed by atoms with Gasteiger partial charge in [-0.1, -0.05) is 0 Å². The first-order chi connectivity index (χ1) is 7.52. The number of nitrogens with two attached hydrogens (primary N) is 1. The quantitative estimate of drug-likeness (QED) is 0.789. The van der Waals surface area contributed by atoms with E-state index in [1.54, 1.807) is 6.92 Å². The lowest BCUT2D eigenvalue weighted by atomic mass is 9.95. The first-order valence-electron chi connectivity index (χ1n) is 5.70. The Hall–Kier alpha value is -1.29. The summed E-state index contributed by atoms with van der Waals surface area (Å²) in [6.45, 7) is 3.75. The molecule has 1 amide bonds. The molecule has 1 aromatic rings. The van der Waals surface area contributed by atoms with Crippen LogP contribution in [0.15, 0.2) is 6.07 Å². The van der Waals surface area contributed by atoms with Crippen molar-refractivity contribution < 1.29 is 9.90 Å². The Kier molecular flexibility index (Phi) is 2.76. The number of aromatic nitrogens is 1. The highest BCUT2D eigenvalue weighted by molar-refractivity contribution is 5.78. The second-order valence-electron chi connectivity index (χ2n) is 4.54. The highest BCUT2D eigenvalue weighted by Crippen LogP contribution is 2.33. The van der Waals surface area contributed by atoms with Gasteiger partial charge in [0.2, 0.25) is 5.91 Å². The summed E-state index contributed by atoms with van der Waals surface area (Å²) < 4.78 is 1.96. The number of aliphatic hydroxyl groups is 1. The molecular formula is C12H18N2O2. The molecular weight excluding hydrogens is 204 g/mol. The van der Waals surface area contributed by atoms with Gasteiger partial charge in [-0.3, -0.25) is 4.79 Å². The van der Waals surface area contributed by atoms with E-state index in [0.29, 0.717) is 0 Å². The van der Waals surface area contributed by atoms with Crippen LogP contribution in [-0.2, 0) is 11.2 Å². The first kappa shape index (κ1) is 11.2. The summed E-state index contributed by atoms with van der Waals surface area (Å²) in [6.07, 6.45) is 2.30. The Labute approximate surface area is 95.1 Å². The third-order valence-electron chi connectivity index (χ3n) is 3.42. The normalized spacial score (nSPS) is 21.6. The van der Waals surface area contributed by atoms with Crippen molar-refractivity contribution in [2.75, 3.05) is 0 Å². The average molecular weight is 222 g/mol. The third-order valence-corrected chi connectivity index (χ3v) is 3.42. The molecule has 4 nitrogen and oxygen atoms in total. The van der Waals surface area contributed by atoms with Gasteiger partial charge in [-0.25, -0.2) is 0 Å². The molecule has 2 atom stereocenters. The largest absolute Gasteiger partial charge is 0.388 e. The number of aryl methyl sites for hydroxylation is 1. The summed E-state index contributed by atoms with van der Waals surface area (Å²) in [7, 11) is 0. The van der Waals surface area contributed by atoms with E-state index < -0.39 is 0 Å². The molecule has 0 aromatic carbocycles. The molecule has 2 unspecified atom stereocenters. The fourth-order valence-electron chi connectivity index (χ4n) is 2.57. The summed E-state index contributed by atoms with van der Waals surface area (Å²) in [6, 6.07) is 1.63. The molecule has 0 saturated heterocycles. The summed E-state index contributed by atoms with van der Waals surface area (Å²) in [5.74, 6) is -0.332. The lowest BCUT2D eigenvalue weighted by Gasteiger charge is -2.22. The molecule has 1 aliphatic rings. The Balaban J connectivity index is 2.50. The Morgan fingerprint density at radius 2 is 2.38 bits per heavy atom. The number of hydrogen-bond donors (Lipinski definition) is 2. The monoisotopic (exact) mass is 222 g/mol. The zero-order chi connectivity index (χ0) is 11.9. The molecule has 3 N–H and O–H groups in total. The minimum absolute atomic E-state index is 0.332.